The van der Waals surface area contributed by atoms with Crippen LogP contribution in [-0.4, -0.2) is 46.1 Å². The van der Waals surface area contributed by atoms with Crippen LogP contribution in [0.2, 0.25) is 0 Å². The summed E-state index contributed by atoms with van der Waals surface area (Å²) in [4.78, 5) is 18.1. The SMILES string of the molecule is Cc1noc(CCC(=O)N2C[C@H](C)N[C@@H](C)C2)n1. The lowest BCUT2D eigenvalue weighted by Gasteiger charge is -2.36. The topological polar surface area (TPSA) is 71.3 Å². The number of hydrogen-bond donors (Lipinski definition) is 1. The quantitative estimate of drug-likeness (QED) is 0.849. The molecule has 0 saturated carbocycles. The van der Waals surface area contributed by atoms with E-state index in [0.717, 1.165) is 13.1 Å². The van der Waals surface area contributed by atoms with Gasteiger partial charge in [-0.2, -0.15) is 4.98 Å². The summed E-state index contributed by atoms with van der Waals surface area (Å²) in [5, 5.41) is 7.12. The van der Waals surface area contributed by atoms with Crippen LogP contribution in [-0.2, 0) is 11.2 Å². The predicted molar refractivity (Wildman–Crippen MR) is 66.0 cm³/mol. The molecule has 0 aromatic carbocycles. The average molecular weight is 252 g/mol. The molecular formula is C12H20N4O2. The highest BCUT2D eigenvalue weighted by atomic mass is 16.5. The van der Waals surface area contributed by atoms with Crippen LogP contribution < -0.4 is 5.32 Å². The van der Waals surface area contributed by atoms with Gasteiger partial charge < -0.3 is 14.7 Å². The van der Waals surface area contributed by atoms with Gasteiger partial charge in [0.05, 0.1) is 0 Å². The summed E-state index contributed by atoms with van der Waals surface area (Å²) in [5.41, 5.74) is 0. The summed E-state index contributed by atoms with van der Waals surface area (Å²) < 4.78 is 5.00. The van der Waals surface area contributed by atoms with E-state index >= 15 is 0 Å². The third kappa shape index (κ3) is 3.29. The Hall–Kier alpha value is -1.43. The molecule has 0 unspecified atom stereocenters. The van der Waals surface area contributed by atoms with Crippen LogP contribution in [0.1, 0.15) is 32.0 Å². The number of hydrogen-bond acceptors (Lipinski definition) is 5. The van der Waals surface area contributed by atoms with E-state index in [9.17, 15) is 4.79 Å². The zero-order chi connectivity index (χ0) is 13.1. The second-order valence-electron chi connectivity index (χ2n) is 5.00. The third-order valence-electron chi connectivity index (χ3n) is 3.03. The molecule has 0 aliphatic carbocycles. The van der Waals surface area contributed by atoms with Crippen molar-refractivity contribution in [3.8, 4) is 0 Å². The molecule has 100 valence electrons. The van der Waals surface area contributed by atoms with Crippen LogP contribution in [0, 0.1) is 6.92 Å². The van der Waals surface area contributed by atoms with E-state index in [1.165, 1.54) is 0 Å². The molecule has 1 aliphatic heterocycles. The van der Waals surface area contributed by atoms with Gasteiger partial charge in [-0.25, -0.2) is 0 Å². The number of nitrogens with one attached hydrogen (secondary N) is 1. The lowest BCUT2D eigenvalue weighted by Crippen LogP contribution is -2.55. The maximum Gasteiger partial charge on any atom is 0.227 e. The van der Waals surface area contributed by atoms with E-state index in [4.69, 9.17) is 4.52 Å². The molecule has 6 nitrogen and oxygen atoms in total. The summed E-state index contributed by atoms with van der Waals surface area (Å²) in [7, 11) is 0. The molecular weight excluding hydrogens is 232 g/mol. The number of carbonyl (C=O) groups is 1. The minimum atomic E-state index is 0.158. The summed E-state index contributed by atoms with van der Waals surface area (Å²) in [5.74, 6) is 1.31. The van der Waals surface area contributed by atoms with E-state index < -0.39 is 0 Å². The molecule has 0 radical (unpaired) electrons. The Morgan fingerprint density at radius 1 is 1.44 bits per heavy atom. The Labute approximate surface area is 107 Å². The van der Waals surface area contributed by atoms with Crippen LogP contribution in [0.5, 0.6) is 0 Å². The average Bonchev–Trinajstić information content (AvgIpc) is 2.70. The van der Waals surface area contributed by atoms with Crippen molar-refractivity contribution in [2.45, 2.75) is 45.7 Å². The van der Waals surface area contributed by atoms with Gasteiger partial charge in [-0.3, -0.25) is 4.79 Å². The maximum atomic E-state index is 12.1. The highest BCUT2D eigenvalue weighted by Crippen LogP contribution is 2.08. The van der Waals surface area contributed by atoms with Gasteiger partial charge >= 0.3 is 0 Å². The highest BCUT2D eigenvalue weighted by Gasteiger charge is 2.24. The van der Waals surface area contributed by atoms with Crippen molar-refractivity contribution in [2.75, 3.05) is 13.1 Å². The monoisotopic (exact) mass is 252 g/mol. The molecule has 1 aliphatic rings. The summed E-state index contributed by atoms with van der Waals surface area (Å²) >= 11 is 0. The molecule has 1 N–H and O–H groups in total. The first kappa shape index (κ1) is 13.0. The van der Waals surface area contributed by atoms with Gasteiger partial charge in [0.25, 0.3) is 0 Å². The minimum absolute atomic E-state index is 0.158. The summed E-state index contributed by atoms with van der Waals surface area (Å²) in [6, 6.07) is 0.701. The number of aryl methyl sites for hydroxylation is 2. The van der Waals surface area contributed by atoms with Crippen molar-refractivity contribution >= 4 is 5.91 Å². The van der Waals surface area contributed by atoms with E-state index in [2.05, 4.69) is 29.3 Å². The van der Waals surface area contributed by atoms with Crippen molar-refractivity contribution in [1.82, 2.24) is 20.4 Å². The Kier molecular flexibility index (Phi) is 3.96. The van der Waals surface area contributed by atoms with Gasteiger partial charge in [0.15, 0.2) is 5.82 Å². The number of carbonyl (C=O) groups excluding carboxylic acids is 1. The van der Waals surface area contributed by atoms with Gasteiger partial charge in [-0.05, 0) is 20.8 Å². The Balaban J connectivity index is 1.84. The van der Waals surface area contributed by atoms with Crippen molar-refractivity contribution in [3.63, 3.8) is 0 Å². The number of amides is 1. The standard InChI is InChI=1S/C12H20N4O2/c1-8-6-16(7-9(2)13-8)12(17)5-4-11-14-10(3)15-18-11/h8-9,13H,4-7H2,1-3H3/t8-,9-/m0/s1. The van der Waals surface area contributed by atoms with Crippen LogP contribution in [0.4, 0.5) is 0 Å². The normalized spacial score (nSPS) is 24.3. The third-order valence-corrected chi connectivity index (χ3v) is 3.03. The Morgan fingerprint density at radius 3 is 2.67 bits per heavy atom. The fourth-order valence-corrected chi connectivity index (χ4v) is 2.34. The van der Waals surface area contributed by atoms with Crippen LogP contribution in [0.25, 0.3) is 0 Å². The highest BCUT2D eigenvalue weighted by molar-refractivity contribution is 5.76. The molecule has 2 heterocycles. The summed E-state index contributed by atoms with van der Waals surface area (Å²) in [6.45, 7) is 7.50. The smallest absolute Gasteiger partial charge is 0.227 e. The number of rotatable bonds is 3. The van der Waals surface area contributed by atoms with E-state index in [0.29, 0.717) is 36.6 Å². The van der Waals surface area contributed by atoms with Gasteiger partial charge in [0.1, 0.15) is 0 Å². The lowest BCUT2D eigenvalue weighted by molar-refractivity contribution is -0.133. The zero-order valence-corrected chi connectivity index (χ0v) is 11.1. The first-order chi connectivity index (χ1) is 8.54. The minimum Gasteiger partial charge on any atom is -0.340 e. The molecule has 0 spiro atoms. The molecule has 1 aromatic heterocycles. The molecule has 1 fully saturated rings. The van der Waals surface area contributed by atoms with E-state index in [1.54, 1.807) is 6.92 Å². The molecule has 1 amide bonds. The van der Waals surface area contributed by atoms with Gasteiger partial charge in [-0.1, -0.05) is 5.16 Å². The first-order valence-corrected chi connectivity index (χ1v) is 6.37. The lowest BCUT2D eigenvalue weighted by atomic mass is 10.1. The predicted octanol–water partition coefficient (Wildman–Crippen LogP) is 0.519. The molecule has 2 atom stereocenters. The van der Waals surface area contributed by atoms with Gasteiger partial charge in [-0.15, -0.1) is 0 Å². The van der Waals surface area contributed by atoms with Crippen LogP contribution >= 0.6 is 0 Å². The zero-order valence-electron chi connectivity index (χ0n) is 11.1. The summed E-state index contributed by atoms with van der Waals surface area (Å²) in [6.07, 6.45) is 0.952. The van der Waals surface area contributed by atoms with Crippen LogP contribution in [0.3, 0.4) is 0 Å². The molecule has 2 rings (SSSR count). The fraction of sp³-hybridized carbons (Fsp3) is 0.750. The first-order valence-electron chi connectivity index (χ1n) is 6.37. The van der Waals surface area contributed by atoms with E-state index in [-0.39, 0.29) is 5.91 Å². The number of aromatic nitrogens is 2. The largest absolute Gasteiger partial charge is 0.340 e. The van der Waals surface area contributed by atoms with Crippen molar-refractivity contribution in [1.29, 1.82) is 0 Å². The Bertz CT molecular complexity index is 408. The molecule has 6 heteroatoms. The molecule has 1 aromatic rings. The Morgan fingerprint density at radius 2 is 2.11 bits per heavy atom. The van der Waals surface area contributed by atoms with Crippen molar-refractivity contribution < 1.29 is 9.32 Å². The number of nitrogens with zero attached hydrogens (tertiary/aromatic N) is 3. The van der Waals surface area contributed by atoms with Gasteiger partial charge in [0.2, 0.25) is 11.8 Å². The van der Waals surface area contributed by atoms with E-state index in [1.807, 2.05) is 4.90 Å². The molecule has 18 heavy (non-hydrogen) atoms. The molecule has 0 bridgehead atoms. The molecule has 1 saturated heterocycles. The van der Waals surface area contributed by atoms with Crippen molar-refractivity contribution in [2.24, 2.45) is 0 Å². The van der Waals surface area contributed by atoms with Gasteiger partial charge in [0, 0.05) is 38.0 Å². The van der Waals surface area contributed by atoms with Crippen LogP contribution in [0.15, 0.2) is 4.52 Å². The number of piperazine rings is 1. The second-order valence-corrected chi connectivity index (χ2v) is 5.00. The second kappa shape index (κ2) is 5.48. The fourth-order valence-electron chi connectivity index (χ4n) is 2.34. The maximum absolute atomic E-state index is 12.1. The van der Waals surface area contributed by atoms with Crippen molar-refractivity contribution in [3.05, 3.63) is 11.7 Å².